The third-order valence-electron chi connectivity index (χ3n) is 2.18. The molecule has 104 valence electrons. The van der Waals surface area contributed by atoms with E-state index in [1.807, 2.05) is 11.4 Å². The van der Waals surface area contributed by atoms with E-state index in [4.69, 9.17) is 0 Å². The molecule has 0 spiro atoms. The second kappa shape index (κ2) is 7.24. The van der Waals surface area contributed by atoms with E-state index in [2.05, 4.69) is 26.7 Å². The average molecular weight is 398 g/mol. The lowest BCUT2D eigenvalue weighted by molar-refractivity contribution is 0.586. The van der Waals surface area contributed by atoms with Gasteiger partial charge in [-0.3, -0.25) is 0 Å². The van der Waals surface area contributed by atoms with Crippen LogP contribution in [0.5, 0.6) is 0 Å². The first-order valence-electron chi connectivity index (χ1n) is 5.43. The molecule has 0 aliphatic rings. The first-order chi connectivity index (χ1) is 9.08. The molecule has 1 N–H and O–H groups in total. The molecule has 0 saturated carbocycles. The highest BCUT2D eigenvalue weighted by Crippen LogP contribution is 2.25. The van der Waals surface area contributed by atoms with Gasteiger partial charge in [0.25, 0.3) is 0 Å². The summed E-state index contributed by atoms with van der Waals surface area (Å²) in [5.41, 5.74) is 0. The maximum Gasteiger partial charge on any atom is 0.250 e. The minimum atomic E-state index is -3.35. The molecule has 8 heteroatoms. The van der Waals surface area contributed by atoms with E-state index < -0.39 is 10.0 Å². The molecule has 0 saturated heterocycles. The number of halogens is 1. The van der Waals surface area contributed by atoms with Crippen LogP contribution in [0.25, 0.3) is 0 Å². The molecule has 0 aliphatic heterocycles. The number of thiophene rings is 2. The Morgan fingerprint density at radius 2 is 2.16 bits per heavy atom. The fourth-order valence-corrected chi connectivity index (χ4v) is 6.24. The van der Waals surface area contributed by atoms with Gasteiger partial charge in [-0.1, -0.05) is 6.07 Å². The topological polar surface area (TPSA) is 46.2 Å². The number of hydrogen-bond donors (Lipinski definition) is 1. The molecule has 2 rings (SSSR count). The fraction of sp³-hybridized carbons (Fsp3) is 0.273. The van der Waals surface area contributed by atoms with Crippen molar-refractivity contribution < 1.29 is 8.42 Å². The van der Waals surface area contributed by atoms with E-state index >= 15 is 0 Å². The van der Waals surface area contributed by atoms with Crippen LogP contribution in [-0.4, -0.2) is 20.7 Å². The van der Waals surface area contributed by atoms with Crippen LogP contribution in [0.1, 0.15) is 4.88 Å². The van der Waals surface area contributed by atoms with Crippen molar-refractivity contribution in [3.05, 3.63) is 38.3 Å². The summed E-state index contributed by atoms with van der Waals surface area (Å²) in [6.45, 7) is 0.452. The van der Waals surface area contributed by atoms with E-state index in [-0.39, 0.29) is 0 Å². The third-order valence-corrected chi connectivity index (χ3v) is 7.82. The predicted octanol–water partition coefficient (Wildman–Crippen LogP) is 3.78. The van der Waals surface area contributed by atoms with Crippen LogP contribution in [0, 0.1) is 0 Å². The minimum Gasteiger partial charge on any atom is -0.210 e. The van der Waals surface area contributed by atoms with Gasteiger partial charge in [-0.15, -0.1) is 22.7 Å². The SMILES string of the molecule is O=S(=O)(NCCSCc1cccs1)c1ccc(Br)s1. The van der Waals surface area contributed by atoms with Crippen LogP contribution in [0.3, 0.4) is 0 Å². The zero-order chi connectivity index (χ0) is 13.7. The lowest BCUT2D eigenvalue weighted by atomic mass is 10.5. The summed E-state index contributed by atoms with van der Waals surface area (Å²) in [5.74, 6) is 1.70. The summed E-state index contributed by atoms with van der Waals surface area (Å²) < 4.78 is 27.6. The smallest absolute Gasteiger partial charge is 0.210 e. The largest absolute Gasteiger partial charge is 0.250 e. The first-order valence-corrected chi connectivity index (χ1v) is 10.6. The number of hydrogen-bond acceptors (Lipinski definition) is 5. The Morgan fingerprint density at radius 3 is 2.79 bits per heavy atom. The second-order valence-electron chi connectivity index (χ2n) is 3.59. The molecule has 0 fully saturated rings. The molecule has 0 unspecified atom stereocenters. The van der Waals surface area contributed by atoms with Gasteiger partial charge in [0.1, 0.15) is 4.21 Å². The molecule has 0 amide bonds. The normalized spacial score (nSPS) is 11.8. The highest BCUT2D eigenvalue weighted by Gasteiger charge is 2.15. The molecule has 2 heterocycles. The van der Waals surface area contributed by atoms with Crippen molar-refractivity contribution in [2.24, 2.45) is 0 Å². The molecule has 0 radical (unpaired) electrons. The van der Waals surface area contributed by atoms with Crippen LogP contribution in [0.15, 0.2) is 37.6 Å². The lowest BCUT2D eigenvalue weighted by Crippen LogP contribution is -2.25. The number of rotatable bonds is 7. The summed E-state index contributed by atoms with van der Waals surface area (Å²) in [4.78, 5) is 1.31. The van der Waals surface area contributed by atoms with Crippen molar-refractivity contribution >= 4 is 60.4 Å². The van der Waals surface area contributed by atoms with Crippen LogP contribution in [0.4, 0.5) is 0 Å². The van der Waals surface area contributed by atoms with E-state index in [9.17, 15) is 8.42 Å². The van der Waals surface area contributed by atoms with E-state index in [0.717, 1.165) is 15.3 Å². The molecule has 2 aromatic heterocycles. The Bertz CT molecular complexity index is 606. The Labute approximate surface area is 133 Å². The Morgan fingerprint density at radius 1 is 1.32 bits per heavy atom. The molecular formula is C11H12BrNO2S4. The van der Waals surface area contributed by atoms with Crippen molar-refractivity contribution in [3.63, 3.8) is 0 Å². The van der Waals surface area contributed by atoms with Gasteiger partial charge in [0.15, 0.2) is 0 Å². The average Bonchev–Trinajstić information content (AvgIpc) is 3.00. The molecule has 0 aromatic carbocycles. The van der Waals surface area contributed by atoms with Gasteiger partial charge in [0, 0.05) is 22.9 Å². The molecule has 0 aliphatic carbocycles. The fourth-order valence-electron chi connectivity index (χ4n) is 1.33. The van der Waals surface area contributed by atoms with E-state index in [0.29, 0.717) is 10.8 Å². The summed E-state index contributed by atoms with van der Waals surface area (Å²) >= 11 is 7.93. The molecule has 3 nitrogen and oxygen atoms in total. The van der Waals surface area contributed by atoms with Crippen molar-refractivity contribution in [3.8, 4) is 0 Å². The van der Waals surface area contributed by atoms with E-state index in [1.165, 1.54) is 16.2 Å². The highest BCUT2D eigenvalue weighted by atomic mass is 79.9. The lowest BCUT2D eigenvalue weighted by Gasteiger charge is -2.04. The summed E-state index contributed by atoms with van der Waals surface area (Å²) in [7, 11) is -3.35. The molecule has 0 atom stereocenters. The summed E-state index contributed by atoms with van der Waals surface area (Å²) in [6, 6.07) is 7.46. The number of nitrogens with one attached hydrogen (secondary N) is 1. The predicted molar refractivity (Wildman–Crippen MR) is 87.7 cm³/mol. The molecule has 2 aromatic rings. The maximum atomic E-state index is 11.9. The quantitative estimate of drug-likeness (QED) is 0.722. The zero-order valence-electron chi connectivity index (χ0n) is 9.84. The number of thioether (sulfide) groups is 1. The van der Waals surface area contributed by atoms with Gasteiger partial charge in [0.05, 0.1) is 3.79 Å². The Balaban J connectivity index is 1.73. The summed E-state index contributed by atoms with van der Waals surface area (Å²) in [6.07, 6.45) is 0. The maximum absolute atomic E-state index is 11.9. The number of sulfonamides is 1. The van der Waals surface area contributed by atoms with Gasteiger partial charge in [0.2, 0.25) is 10.0 Å². The summed E-state index contributed by atoms with van der Waals surface area (Å²) in [5, 5.41) is 2.05. The standard InChI is InChI=1S/C11H12BrNO2S4/c12-10-3-4-11(18-10)19(14,15)13-5-7-16-8-9-2-1-6-17-9/h1-4,6,13H,5,7-8H2. The van der Waals surface area contributed by atoms with E-state index in [1.54, 1.807) is 35.2 Å². The van der Waals surface area contributed by atoms with Gasteiger partial charge >= 0.3 is 0 Å². The van der Waals surface area contributed by atoms with Crippen LogP contribution in [0.2, 0.25) is 0 Å². The van der Waals surface area contributed by atoms with Gasteiger partial charge in [-0.25, -0.2) is 13.1 Å². The van der Waals surface area contributed by atoms with Gasteiger partial charge in [-0.05, 0) is 39.5 Å². The zero-order valence-corrected chi connectivity index (χ0v) is 14.7. The molecular weight excluding hydrogens is 386 g/mol. The highest BCUT2D eigenvalue weighted by molar-refractivity contribution is 9.11. The van der Waals surface area contributed by atoms with Crippen LogP contribution < -0.4 is 4.72 Å². The van der Waals surface area contributed by atoms with Gasteiger partial charge < -0.3 is 0 Å². The molecule has 0 bridgehead atoms. The Hall–Kier alpha value is 0.140. The second-order valence-corrected chi connectivity index (χ2v) is 10.2. The van der Waals surface area contributed by atoms with Crippen LogP contribution >= 0.6 is 50.4 Å². The minimum absolute atomic E-state index is 0.350. The first kappa shape index (κ1) is 15.5. The van der Waals surface area contributed by atoms with Crippen LogP contribution in [-0.2, 0) is 15.8 Å². The third kappa shape index (κ3) is 4.87. The van der Waals surface area contributed by atoms with Crippen molar-refractivity contribution in [1.82, 2.24) is 4.72 Å². The monoisotopic (exact) mass is 397 g/mol. The van der Waals surface area contributed by atoms with Crippen molar-refractivity contribution in [2.45, 2.75) is 9.96 Å². The molecule has 19 heavy (non-hydrogen) atoms. The Kier molecular flexibility index (Phi) is 5.91. The van der Waals surface area contributed by atoms with Crippen molar-refractivity contribution in [1.29, 1.82) is 0 Å². The van der Waals surface area contributed by atoms with Gasteiger partial charge in [-0.2, -0.15) is 11.8 Å². The van der Waals surface area contributed by atoms with Crippen molar-refractivity contribution in [2.75, 3.05) is 12.3 Å².